The predicted octanol–water partition coefficient (Wildman–Crippen LogP) is -13.3. The molecule has 6 aliphatic heterocycles. The smallest absolute Gasteiger partial charge is 0.187 e. The molecule has 6 fully saturated rings. The Morgan fingerprint density at radius 3 is 0.986 bits per heavy atom. The van der Waals surface area contributed by atoms with Crippen molar-refractivity contribution in [3.8, 4) is 0 Å². The van der Waals surface area contributed by atoms with E-state index in [4.69, 9.17) is 62.6 Å². The van der Waals surface area contributed by atoms with Crippen LogP contribution in [-0.4, -0.2) is 334 Å². The minimum Gasteiger partial charge on any atom is -0.394 e. The maximum absolute atomic E-state index is 11.3. The average Bonchev–Trinajstić information content (AvgIpc) is 3.48. The Kier molecular flexibility index (Phi) is 22.4. The highest BCUT2D eigenvalue weighted by atomic mass is 16.8. The van der Waals surface area contributed by atoms with Crippen molar-refractivity contribution in [3.05, 3.63) is 0 Å². The van der Waals surface area contributed by atoms with Crippen molar-refractivity contribution < 1.29 is 154 Å². The summed E-state index contributed by atoms with van der Waals surface area (Å²) >= 11 is 0. The third-order valence-electron chi connectivity index (χ3n) is 13.2. The number of ether oxygens (including phenoxy) is 12. The Morgan fingerprint density at radius 2 is 0.611 bits per heavy atom. The van der Waals surface area contributed by atoms with Gasteiger partial charge in [0.1, 0.15) is 140 Å². The Balaban J connectivity index is 1.07. The molecule has 0 saturated carbocycles. The molecule has 422 valence electrons. The van der Waals surface area contributed by atoms with E-state index in [-0.39, 0.29) is 13.2 Å². The minimum atomic E-state index is -2.17. The molecule has 18 unspecified atom stereocenters. The third-order valence-corrected chi connectivity index (χ3v) is 13.2. The number of hydrogen-bond acceptors (Lipinski definition) is 32. The van der Waals surface area contributed by atoms with E-state index in [1.54, 1.807) is 0 Å². The first kappa shape index (κ1) is 60.0. The lowest BCUT2D eigenvalue weighted by Crippen LogP contribution is -2.67. The Labute approximate surface area is 409 Å². The van der Waals surface area contributed by atoms with Crippen LogP contribution in [0.15, 0.2) is 0 Å². The highest BCUT2D eigenvalue weighted by molar-refractivity contribution is 4.99. The zero-order chi connectivity index (χ0) is 52.9. The predicted molar refractivity (Wildman–Crippen MR) is 221 cm³/mol. The standard InChI is InChI=1S/C40H71NO31/c41-2-1-3-61-36-26(57)21(52)31(15(7-44)64-36)69-35-12(49)4-11(48)30(14(6-43)63-35)68-38-27(58)22(53)33(16(8-45)65-38)71-40-29(60)24(55)34(18(10-47)67-40)72-39-28(59)23(54)32(17(9-46)66-39)70-37-25(56)20(51)19(50)13(5-42)62-37/h11-40,42-60H,1-10,41H2/t11?,12?,13?,14?,15?,16?,17?,18?,19-,20?,21?,22?,23?,24?,25?,26?,27?,28?,29?,30-,31-,32+,33-,34-,35-,36-,37-,38-,39-,40+/m1/s1. The first-order valence-corrected chi connectivity index (χ1v) is 23.3. The molecular formula is C40H71NO31. The molecular weight excluding hydrogens is 990 g/mol. The second kappa shape index (κ2) is 26.9. The molecule has 21 N–H and O–H groups in total. The fourth-order valence-corrected chi connectivity index (χ4v) is 9.12. The zero-order valence-corrected chi connectivity index (χ0v) is 38.4. The molecule has 0 aliphatic carbocycles. The lowest BCUT2D eigenvalue weighted by Gasteiger charge is -2.49. The van der Waals surface area contributed by atoms with Crippen molar-refractivity contribution in [2.75, 3.05) is 52.8 Å². The van der Waals surface area contributed by atoms with Crippen LogP contribution in [0.5, 0.6) is 0 Å². The summed E-state index contributed by atoms with van der Waals surface area (Å²) in [5.74, 6) is 0. The van der Waals surface area contributed by atoms with Crippen LogP contribution in [0.25, 0.3) is 0 Å². The summed E-state index contributed by atoms with van der Waals surface area (Å²) in [6.45, 7) is -5.26. The lowest BCUT2D eigenvalue weighted by molar-refractivity contribution is -0.390. The number of rotatable bonds is 20. The van der Waals surface area contributed by atoms with Crippen molar-refractivity contribution in [2.24, 2.45) is 5.73 Å². The van der Waals surface area contributed by atoms with E-state index >= 15 is 0 Å². The topological polar surface area (TPSA) is 521 Å². The fraction of sp³-hybridized carbons (Fsp3) is 1.00. The van der Waals surface area contributed by atoms with Gasteiger partial charge in [-0.3, -0.25) is 0 Å². The molecule has 6 saturated heterocycles. The van der Waals surface area contributed by atoms with Gasteiger partial charge in [0, 0.05) is 6.42 Å². The van der Waals surface area contributed by atoms with E-state index in [2.05, 4.69) is 0 Å². The molecule has 6 rings (SSSR count). The van der Waals surface area contributed by atoms with Gasteiger partial charge in [-0.2, -0.15) is 0 Å². The first-order chi connectivity index (χ1) is 34.3. The molecule has 0 aromatic carbocycles. The lowest BCUT2D eigenvalue weighted by atomic mass is 9.95. The summed E-state index contributed by atoms with van der Waals surface area (Å²) in [5.41, 5.74) is 5.46. The maximum atomic E-state index is 11.3. The third kappa shape index (κ3) is 13.0. The largest absolute Gasteiger partial charge is 0.394 e. The van der Waals surface area contributed by atoms with Crippen LogP contribution in [-0.2, 0) is 56.8 Å². The van der Waals surface area contributed by atoms with Gasteiger partial charge < -0.3 is 160 Å². The maximum Gasteiger partial charge on any atom is 0.187 e. The number of nitrogens with two attached hydrogens (primary N) is 1. The van der Waals surface area contributed by atoms with Crippen molar-refractivity contribution in [3.63, 3.8) is 0 Å². The van der Waals surface area contributed by atoms with Gasteiger partial charge in [0.2, 0.25) is 0 Å². The molecule has 32 heteroatoms. The number of hydrogen-bond donors (Lipinski definition) is 20. The molecule has 72 heavy (non-hydrogen) atoms. The second-order valence-electron chi connectivity index (χ2n) is 18.1. The van der Waals surface area contributed by atoms with Crippen molar-refractivity contribution in [1.82, 2.24) is 0 Å². The monoisotopic (exact) mass is 1060 g/mol. The van der Waals surface area contributed by atoms with Crippen LogP contribution in [0.1, 0.15) is 12.8 Å². The number of aliphatic hydroxyl groups excluding tert-OH is 19. The molecule has 0 bridgehead atoms. The fourth-order valence-electron chi connectivity index (χ4n) is 9.12. The molecule has 0 spiro atoms. The summed E-state index contributed by atoms with van der Waals surface area (Å²) in [6.07, 6.45) is -54.7. The quantitative estimate of drug-likeness (QED) is 0.0503. The summed E-state index contributed by atoms with van der Waals surface area (Å²) in [5, 5.41) is 202. The molecule has 6 heterocycles. The molecule has 0 aromatic heterocycles. The van der Waals surface area contributed by atoms with Gasteiger partial charge in [0.25, 0.3) is 0 Å². The molecule has 0 amide bonds. The molecule has 30 atom stereocenters. The summed E-state index contributed by atoms with van der Waals surface area (Å²) in [6, 6.07) is 0. The van der Waals surface area contributed by atoms with Gasteiger partial charge in [-0.05, 0) is 13.0 Å². The normalized spacial score (nSPS) is 50.7. The van der Waals surface area contributed by atoms with E-state index in [0.717, 1.165) is 0 Å². The van der Waals surface area contributed by atoms with Crippen LogP contribution in [0.3, 0.4) is 0 Å². The van der Waals surface area contributed by atoms with Crippen LogP contribution in [0, 0.1) is 0 Å². The second-order valence-corrected chi connectivity index (χ2v) is 18.1. The van der Waals surface area contributed by atoms with Crippen LogP contribution < -0.4 is 5.73 Å². The highest BCUT2D eigenvalue weighted by Gasteiger charge is 2.57. The summed E-state index contributed by atoms with van der Waals surface area (Å²) in [4.78, 5) is 0. The van der Waals surface area contributed by atoms with Crippen molar-refractivity contribution in [2.45, 2.75) is 197 Å². The van der Waals surface area contributed by atoms with E-state index < -0.39 is 230 Å². The van der Waals surface area contributed by atoms with Crippen LogP contribution in [0.2, 0.25) is 0 Å². The van der Waals surface area contributed by atoms with E-state index in [1.807, 2.05) is 0 Å². The van der Waals surface area contributed by atoms with Crippen LogP contribution in [0.4, 0.5) is 0 Å². The number of aliphatic hydroxyl groups is 19. The Hall–Kier alpha value is -1.28. The SMILES string of the molecule is NCCCO[C@@H]1OC(CO)[C@@H](O[C@H]2OC(CO)[C@H](O[C@H]3OC(CO)[C@@H](O[C@@H]4OC(CO)[C@@H](O[C@H]5OC(CO)[C@H](O[C@H]6OC(CO)[C@@H](O)C(O)C6O)C(O)C5O)C(O)C4O)C(O)C3O)C(O)CC2O)C(O)C1O. The van der Waals surface area contributed by atoms with Gasteiger partial charge in [-0.1, -0.05) is 0 Å². The molecule has 32 nitrogen and oxygen atoms in total. The van der Waals surface area contributed by atoms with E-state index in [0.29, 0.717) is 6.42 Å². The van der Waals surface area contributed by atoms with Gasteiger partial charge in [-0.25, -0.2) is 0 Å². The Bertz CT molecular complexity index is 1590. The first-order valence-electron chi connectivity index (χ1n) is 23.3. The Morgan fingerprint density at radius 1 is 0.319 bits per heavy atom. The zero-order valence-electron chi connectivity index (χ0n) is 38.4. The van der Waals surface area contributed by atoms with Crippen molar-refractivity contribution >= 4 is 0 Å². The van der Waals surface area contributed by atoms with E-state index in [9.17, 15) is 97.0 Å². The summed E-state index contributed by atoms with van der Waals surface area (Å²) < 4.78 is 67.4. The summed E-state index contributed by atoms with van der Waals surface area (Å²) in [7, 11) is 0. The molecule has 0 radical (unpaired) electrons. The minimum absolute atomic E-state index is 0.0417. The van der Waals surface area contributed by atoms with Crippen molar-refractivity contribution in [1.29, 1.82) is 0 Å². The van der Waals surface area contributed by atoms with Gasteiger partial charge >= 0.3 is 0 Å². The van der Waals surface area contributed by atoms with Gasteiger partial charge in [0.05, 0.1) is 52.4 Å². The van der Waals surface area contributed by atoms with Crippen LogP contribution >= 0.6 is 0 Å². The average molecular weight is 1060 g/mol. The van der Waals surface area contributed by atoms with E-state index in [1.165, 1.54) is 0 Å². The highest BCUT2D eigenvalue weighted by Crippen LogP contribution is 2.36. The van der Waals surface area contributed by atoms with Gasteiger partial charge in [0.15, 0.2) is 37.7 Å². The van der Waals surface area contributed by atoms with Gasteiger partial charge in [-0.15, -0.1) is 0 Å². The molecule has 0 aromatic rings. The molecule has 6 aliphatic rings.